The first kappa shape index (κ1) is 30.2. The van der Waals surface area contributed by atoms with Crippen molar-refractivity contribution in [3.05, 3.63) is 0 Å². The summed E-state index contributed by atoms with van der Waals surface area (Å²) >= 11 is 0. The van der Waals surface area contributed by atoms with Gasteiger partial charge in [-0.1, -0.05) is 0 Å². The zero-order valence-electron chi connectivity index (χ0n) is 2.64. The molecule has 0 aromatic rings. The van der Waals surface area contributed by atoms with Crippen LogP contribution in [-0.2, 0) is 17.1 Å². The van der Waals surface area contributed by atoms with Gasteiger partial charge in [0.05, 0.1) is 0 Å². The van der Waals surface area contributed by atoms with Crippen molar-refractivity contribution >= 4 is 17.4 Å². The molecular weight excluding hydrogens is 136 g/mol. The van der Waals surface area contributed by atoms with Crippen molar-refractivity contribution in [2.45, 2.75) is 0 Å². The van der Waals surface area contributed by atoms with Crippen molar-refractivity contribution in [2.75, 3.05) is 0 Å². The van der Waals surface area contributed by atoms with Gasteiger partial charge in [0.2, 0.25) is 0 Å². The summed E-state index contributed by atoms with van der Waals surface area (Å²) in [6.45, 7) is 0. The van der Waals surface area contributed by atoms with Crippen LogP contribution in [0.4, 0.5) is 0 Å². The van der Waals surface area contributed by atoms with E-state index in [0.29, 0.717) is 0 Å². The first-order chi connectivity index (χ1) is 0. The quantitative estimate of drug-likeness (QED) is 0.352. The Labute approximate surface area is 89.9 Å². The van der Waals surface area contributed by atoms with E-state index in [1.54, 1.807) is 0 Å². The van der Waals surface area contributed by atoms with Crippen molar-refractivity contribution in [1.29, 1.82) is 0 Å². The molecule has 0 aliphatic rings. The van der Waals surface area contributed by atoms with Crippen molar-refractivity contribution in [1.82, 2.24) is 6.15 Å². The van der Waals surface area contributed by atoms with Crippen LogP contribution in [0.15, 0.2) is 0 Å². The van der Waals surface area contributed by atoms with Gasteiger partial charge in [-0.25, -0.2) is 0 Å². The van der Waals surface area contributed by atoms with Crippen LogP contribution < -0.4 is 57.5 Å². The molecule has 0 amide bonds. The molecule has 0 aliphatic heterocycles. The SMILES string of the molecule is N.[Al].[Fe].[K+]. The van der Waals surface area contributed by atoms with Crippen LogP contribution in [0.3, 0.4) is 0 Å². The number of rotatable bonds is 0. The second kappa shape index (κ2) is 17.4. The Balaban J connectivity index is 0. The standard InChI is InChI=1S/Al.Fe.K.H3N/h;;;1H3/q;;+1;. The van der Waals surface area contributed by atoms with Crippen molar-refractivity contribution in [2.24, 2.45) is 0 Å². The molecule has 0 rings (SSSR count). The molecule has 0 spiro atoms. The van der Waals surface area contributed by atoms with Crippen LogP contribution in [0.2, 0.25) is 0 Å². The Morgan fingerprint density at radius 1 is 1.00 bits per heavy atom. The molecule has 19 valence electrons. The van der Waals surface area contributed by atoms with Gasteiger partial charge in [-0.3, -0.25) is 0 Å². The third-order valence-corrected chi connectivity index (χ3v) is 0. The zero-order valence-corrected chi connectivity index (χ0v) is 8.02. The predicted molar refractivity (Wildman–Crippen MR) is 10.8 cm³/mol. The summed E-state index contributed by atoms with van der Waals surface area (Å²) in [5, 5.41) is 0. The van der Waals surface area contributed by atoms with Gasteiger partial charge >= 0.3 is 51.4 Å². The fourth-order valence-corrected chi connectivity index (χ4v) is 0. The number of hydrogen-bond donors (Lipinski definition) is 1. The van der Waals surface area contributed by atoms with Crippen LogP contribution in [0.5, 0.6) is 0 Å². The van der Waals surface area contributed by atoms with Crippen LogP contribution in [0, 0.1) is 0 Å². The zero-order chi connectivity index (χ0) is 0. The summed E-state index contributed by atoms with van der Waals surface area (Å²) in [6.07, 6.45) is 0. The predicted octanol–water partition coefficient (Wildman–Crippen LogP) is -3.22. The maximum Gasteiger partial charge on any atom is 1.00 e. The third kappa shape index (κ3) is 8.82. The molecule has 0 saturated carbocycles. The Morgan fingerprint density at radius 3 is 1.00 bits per heavy atom. The van der Waals surface area contributed by atoms with Gasteiger partial charge in [0.1, 0.15) is 0 Å². The van der Waals surface area contributed by atoms with E-state index in [0.717, 1.165) is 0 Å². The molecule has 0 aromatic heterocycles. The molecule has 4 heavy (non-hydrogen) atoms. The molecule has 0 atom stereocenters. The minimum absolute atomic E-state index is 0. The minimum atomic E-state index is 0. The van der Waals surface area contributed by atoms with E-state index < -0.39 is 0 Å². The van der Waals surface area contributed by atoms with Crippen LogP contribution in [0.25, 0.3) is 0 Å². The molecule has 0 aliphatic carbocycles. The second-order valence-corrected chi connectivity index (χ2v) is 0. The average molecular weight is 139 g/mol. The normalized spacial score (nSPS) is 0. The van der Waals surface area contributed by atoms with Gasteiger partial charge in [-0.15, -0.1) is 0 Å². The van der Waals surface area contributed by atoms with E-state index in [-0.39, 0.29) is 92.0 Å². The minimum Gasteiger partial charge on any atom is -0.344 e. The largest absolute Gasteiger partial charge is 1.00 e. The second-order valence-electron chi connectivity index (χ2n) is 0. The van der Waals surface area contributed by atoms with Crippen LogP contribution in [-0.4, -0.2) is 17.4 Å². The van der Waals surface area contributed by atoms with Gasteiger partial charge in [-0.05, 0) is 0 Å². The Bertz CT molecular complexity index is 8.00. The molecule has 1 nitrogen and oxygen atoms in total. The first-order valence-corrected chi connectivity index (χ1v) is 0. The summed E-state index contributed by atoms with van der Waals surface area (Å²) < 4.78 is 0. The Hall–Kier alpha value is 2.65. The van der Waals surface area contributed by atoms with Gasteiger partial charge < -0.3 is 6.15 Å². The molecule has 0 aromatic carbocycles. The third-order valence-electron chi connectivity index (χ3n) is 0. The average Bonchev–Trinajstić information content (AvgIpc) is 0. The monoisotopic (exact) mass is 139 g/mol. The fourth-order valence-electron chi connectivity index (χ4n) is 0. The van der Waals surface area contributed by atoms with Gasteiger partial charge in [0.25, 0.3) is 0 Å². The molecule has 0 bridgehead atoms. The summed E-state index contributed by atoms with van der Waals surface area (Å²) in [5.41, 5.74) is 0. The van der Waals surface area contributed by atoms with Crippen molar-refractivity contribution in [3.8, 4) is 0 Å². The Morgan fingerprint density at radius 2 is 1.00 bits per heavy atom. The maximum atomic E-state index is 0. The molecule has 0 unspecified atom stereocenters. The smallest absolute Gasteiger partial charge is 0.344 e. The molecule has 0 saturated heterocycles. The summed E-state index contributed by atoms with van der Waals surface area (Å²) in [6, 6.07) is 0. The van der Waals surface area contributed by atoms with E-state index in [2.05, 4.69) is 0 Å². The first-order valence-electron chi connectivity index (χ1n) is 0. The molecular formula is H3AlFeKN+. The summed E-state index contributed by atoms with van der Waals surface area (Å²) in [5.74, 6) is 0. The topological polar surface area (TPSA) is 35.0 Å². The van der Waals surface area contributed by atoms with E-state index >= 15 is 0 Å². The van der Waals surface area contributed by atoms with Gasteiger partial charge in [0.15, 0.2) is 0 Å². The molecule has 0 fully saturated rings. The van der Waals surface area contributed by atoms with Crippen LogP contribution >= 0.6 is 0 Å². The molecule has 4 heteroatoms. The van der Waals surface area contributed by atoms with E-state index in [9.17, 15) is 0 Å². The maximum absolute atomic E-state index is 0. The van der Waals surface area contributed by atoms with Crippen LogP contribution in [0.1, 0.15) is 0 Å². The molecule has 3 radical (unpaired) electrons. The van der Waals surface area contributed by atoms with E-state index in [1.807, 2.05) is 0 Å². The fraction of sp³-hybridized carbons (Fsp3) is 0. The van der Waals surface area contributed by atoms with E-state index in [1.165, 1.54) is 0 Å². The Kier molecular flexibility index (Phi) is 132. The molecule has 0 heterocycles. The summed E-state index contributed by atoms with van der Waals surface area (Å²) in [4.78, 5) is 0. The van der Waals surface area contributed by atoms with E-state index in [4.69, 9.17) is 0 Å². The van der Waals surface area contributed by atoms with Gasteiger partial charge in [0, 0.05) is 34.4 Å². The van der Waals surface area contributed by atoms with Crippen molar-refractivity contribution in [3.63, 3.8) is 0 Å². The van der Waals surface area contributed by atoms with Crippen molar-refractivity contribution < 1.29 is 68.5 Å². The van der Waals surface area contributed by atoms with Gasteiger partial charge in [-0.2, -0.15) is 0 Å². The summed E-state index contributed by atoms with van der Waals surface area (Å²) in [7, 11) is 0. The number of hydrogen-bond acceptors (Lipinski definition) is 1. The molecule has 3 N–H and O–H groups in total.